The third-order valence-corrected chi connectivity index (χ3v) is 10.2. The minimum absolute atomic E-state index is 0.0364. The number of benzene rings is 6. The topological polar surface area (TPSA) is 41.8 Å². The molecule has 0 radical (unpaired) electrons. The SMILES string of the molecule is Cc1cc(C)c(B2c3ccccc3N(c3ccccc3)c3cc4c(cc32)c(=O)c2cccc3c(=O)c5c(C)cccc5n4c23)c(C)c1. The maximum absolute atomic E-state index is 14.6. The number of para-hydroxylation sites is 3. The van der Waals surface area contributed by atoms with Crippen LogP contribution in [0.2, 0.25) is 0 Å². The van der Waals surface area contributed by atoms with Gasteiger partial charge >= 0.3 is 0 Å². The third-order valence-electron chi connectivity index (χ3n) is 10.2. The number of rotatable bonds is 2. The minimum atomic E-state index is -0.0787. The fraction of sp³-hybridized carbons (Fsp3) is 0.0952. The second kappa shape index (κ2) is 9.91. The van der Waals surface area contributed by atoms with Crippen molar-refractivity contribution in [1.82, 2.24) is 4.40 Å². The van der Waals surface area contributed by atoms with Crippen molar-refractivity contribution >= 4 is 78.3 Å². The van der Waals surface area contributed by atoms with Gasteiger partial charge in [-0.2, -0.15) is 0 Å². The molecule has 8 aromatic rings. The second-order valence-corrected chi connectivity index (χ2v) is 13.1. The number of hydrogen-bond acceptors (Lipinski definition) is 3. The molecule has 2 aromatic heterocycles. The lowest BCUT2D eigenvalue weighted by Crippen LogP contribution is -2.58. The lowest BCUT2D eigenvalue weighted by molar-refractivity contribution is 1.27. The molecule has 0 aliphatic carbocycles. The molecule has 0 atom stereocenters. The summed E-state index contributed by atoms with van der Waals surface area (Å²) in [6.07, 6.45) is 0. The Hall–Kier alpha value is -5.68. The highest BCUT2D eigenvalue weighted by atomic mass is 16.1. The van der Waals surface area contributed by atoms with Crippen LogP contribution in [0.15, 0.2) is 125 Å². The van der Waals surface area contributed by atoms with Crippen LogP contribution in [0.3, 0.4) is 0 Å². The second-order valence-electron chi connectivity index (χ2n) is 13.1. The van der Waals surface area contributed by atoms with E-state index >= 15 is 0 Å². The molecule has 6 aromatic carbocycles. The van der Waals surface area contributed by atoms with Gasteiger partial charge in [-0.25, -0.2) is 0 Å². The van der Waals surface area contributed by atoms with Gasteiger partial charge in [0.2, 0.25) is 6.71 Å². The summed E-state index contributed by atoms with van der Waals surface area (Å²) in [6.45, 7) is 8.45. The molecule has 47 heavy (non-hydrogen) atoms. The van der Waals surface area contributed by atoms with Crippen molar-refractivity contribution < 1.29 is 0 Å². The first-order valence-corrected chi connectivity index (χ1v) is 16.2. The van der Waals surface area contributed by atoms with E-state index in [9.17, 15) is 9.59 Å². The van der Waals surface area contributed by atoms with Crippen molar-refractivity contribution in [2.24, 2.45) is 0 Å². The zero-order valence-corrected chi connectivity index (χ0v) is 26.8. The van der Waals surface area contributed by atoms with Gasteiger partial charge in [0, 0.05) is 38.6 Å². The molecular formula is C42H31BN2O2. The molecule has 1 aliphatic rings. The molecule has 4 nitrogen and oxygen atoms in total. The normalized spacial score (nSPS) is 12.8. The smallest absolute Gasteiger partial charge is 0.247 e. The molecule has 0 N–H and O–H groups in total. The molecule has 0 saturated carbocycles. The molecule has 0 bridgehead atoms. The first-order chi connectivity index (χ1) is 22.8. The molecule has 224 valence electrons. The van der Waals surface area contributed by atoms with Crippen LogP contribution < -0.4 is 32.1 Å². The van der Waals surface area contributed by atoms with Crippen LogP contribution in [-0.4, -0.2) is 11.1 Å². The lowest BCUT2D eigenvalue weighted by Gasteiger charge is -2.38. The zero-order valence-electron chi connectivity index (χ0n) is 26.8. The van der Waals surface area contributed by atoms with E-state index in [4.69, 9.17) is 0 Å². The number of aryl methyl sites for hydroxylation is 4. The van der Waals surface area contributed by atoms with Crippen molar-refractivity contribution in [2.75, 3.05) is 4.90 Å². The van der Waals surface area contributed by atoms with Crippen molar-refractivity contribution in [3.8, 4) is 0 Å². The Labute approximate surface area is 272 Å². The van der Waals surface area contributed by atoms with Crippen LogP contribution in [0.25, 0.3) is 38.1 Å². The monoisotopic (exact) mass is 606 g/mol. The van der Waals surface area contributed by atoms with E-state index in [0.717, 1.165) is 39.1 Å². The van der Waals surface area contributed by atoms with Crippen LogP contribution >= 0.6 is 0 Å². The Bertz CT molecular complexity index is 2710. The first kappa shape index (κ1) is 27.6. The standard InChI is InChI=1S/C42H31BN2O2/c1-24-20-26(3)39(27(4)21-24)43-32-17-8-9-18-34(32)44(28-13-6-5-7-14-28)37-23-36-31(22-33(37)43)41(46)29-15-11-16-30-40(29)45(36)35-19-10-12-25(2)38(35)42(30)47/h5-23H,1-4H3. The van der Waals surface area contributed by atoms with E-state index < -0.39 is 0 Å². The zero-order chi connectivity index (χ0) is 32.1. The Morgan fingerprint density at radius 2 is 1.21 bits per heavy atom. The Balaban J connectivity index is 1.52. The average Bonchev–Trinajstić information content (AvgIpc) is 3.07. The number of hydrogen-bond donors (Lipinski definition) is 0. The summed E-state index contributed by atoms with van der Waals surface area (Å²) in [5, 5.41) is 2.46. The molecular weight excluding hydrogens is 575 g/mol. The van der Waals surface area contributed by atoms with E-state index in [0.29, 0.717) is 27.1 Å². The fourth-order valence-corrected chi connectivity index (χ4v) is 8.37. The molecule has 5 heteroatoms. The van der Waals surface area contributed by atoms with Crippen molar-refractivity contribution in [2.45, 2.75) is 27.7 Å². The van der Waals surface area contributed by atoms with E-state index in [1.165, 1.54) is 27.6 Å². The van der Waals surface area contributed by atoms with Crippen LogP contribution in [0, 0.1) is 27.7 Å². The molecule has 0 spiro atoms. The van der Waals surface area contributed by atoms with Gasteiger partial charge < -0.3 is 9.30 Å². The van der Waals surface area contributed by atoms with Crippen LogP contribution in [-0.2, 0) is 0 Å². The molecule has 1 aliphatic heterocycles. The largest absolute Gasteiger partial charge is 0.311 e. The van der Waals surface area contributed by atoms with Gasteiger partial charge in [0.05, 0.1) is 16.6 Å². The molecule has 3 heterocycles. The highest BCUT2D eigenvalue weighted by Crippen LogP contribution is 2.38. The number of fused-ring (bicyclic) bond motifs is 6. The van der Waals surface area contributed by atoms with Gasteiger partial charge in [-0.3, -0.25) is 9.59 Å². The Morgan fingerprint density at radius 1 is 0.532 bits per heavy atom. The minimum Gasteiger partial charge on any atom is -0.311 e. The number of nitrogens with zero attached hydrogens (tertiary/aromatic N) is 2. The van der Waals surface area contributed by atoms with Crippen molar-refractivity contribution in [3.63, 3.8) is 0 Å². The van der Waals surface area contributed by atoms with Gasteiger partial charge in [-0.05, 0) is 86.6 Å². The highest BCUT2D eigenvalue weighted by Gasteiger charge is 2.37. The predicted octanol–water partition coefficient (Wildman–Crippen LogP) is 7.09. The first-order valence-electron chi connectivity index (χ1n) is 16.2. The summed E-state index contributed by atoms with van der Waals surface area (Å²) in [6, 6.07) is 39.5. The van der Waals surface area contributed by atoms with Gasteiger partial charge in [0.1, 0.15) is 0 Å². The number of pyridine rings is 2. The molecule has 0 unspecified atom stereocenters. The summed E-state index contributed by atoms with van der Waals surface area (Å²) in [5.74, 6) is 0. The van der Waals surface area contributed by atoms with Crippen molar-refractivity contribution in [1.29, 1.82) is 0 Å². The maximum atomic E-state index is 14.6. The maximum Gasteiger partial charge on any atom is 0.247 e. The summed E-state index contributed by atoms with van der Waals surface area (Å²) in [4.78, 5) is 30.8. The van der Waals surface area contributed by atoms with Gasteiger partial charge in [-0.15, -0.1) is 0 Å². The van der Waals surface area contributed by atoms with Gasteiger partial charge in [0.25, 0.3) is 0 Å². The molecule has 0 saturated heterocycles. The summed E-state index contributed by atoms with van der Waals surface area (Å²) < 4.78 is 2.16. The highest BCUT2D eigenvalue weighted by molar-refractivity contribution is 6.98. The van der Waals surface area contributed by atoms with Gasteiger partial charge in [-0.1, -0.05) is 94.9 Å². The van der Waals surface area contributed by atoms with E-state index in [-0.39, 0.29) is 17.6 Å². The molecule has 9 rings (SSSR count). The van der Waals surface area contributed by atoms with E-state index in [1.54, 1.807) is 0 Å². The summed E-state index contributed by atoms with van der Waals surface area (Å²) in [7, 11) is 0. The van der Waals surface area contributed by atoms with Crippen molar-refractivity contribution in [3.05, 3.63) is 158 Å². The van der Waals surface area contributed by atoms with Crippen LogP contribution in [0.4, 0.5) is 17.1 Å². The Morgan fingerprint density at radius 3 is 1.98 bits per heavy atom. The average molecular weight is 607 g/mol. The summed E-state index contributed by atoms with van der Waals surface area (Å²) >= 11 is 0. The van der Waals surface area contributed by atoms with E-state index in [2.05, 4.69) is 103 Å². The summed E-state index contributed by atoms with van der Waals surface area (Å²) in [5.41, 5.74) is 13.6. The quantitative estimate of drug-likeness (QED) is 0.120. The third kappa shape index (κ3) is 3.77. The van der Waals surface area contributed by atoms with E-state index in [1.807, 2.05) is 49.4 Å². The predicted molar refractivity (Wildman–Crippen MR) is 198 cm³/mol. The van der Waals surface area contributed by atoms with Crippen LogP contribution in [0.1, 0.15) is 22.3 Å². The number of anilines is 3. The molecule has 0 amide bonds. The fourth-order valence-electron chi connectivity index (χ4n) is 8.37. The lowest BCUT2D eigenvalue weighted by atomic mass is 9.33. The molecule has 0 fully saturated rings. The number of aromatic nitrogens is 1. The van der Waals surface area contributed by atoms with Gasteiger partial charge in [0.15, 0.2) is 10.9 Å². The Kier molecular flexibility index (Phi) is 5.82. The van der Waals surface area contributed by atoms with Crippen LogP contribution in [0.5, 0.6) is 0 Å².